The maximum atomic E-state index is 13.4. The molecule has 0 radical (unpaired) electrons. The first-order chi connectivity index (χ1) is 21.9. The normalized spacial score (nSPS) is 12.1. The molecule has 0 amide bonds. The molecule has 3 aromatic carbocycles. The Bertz CT molecular complexity index is 2060. The number of thiazole rings is 1. The summed E-state index contributed by atoms with van der Waals surface area (Å²) in [5, 5.41) is 9.36. The number of fused-ring (bicyclic) bond motifs is 1. The van der Waals surface area contributed by atoms with Crippen molar-refractivity contribution >= 4 is 34.5 Å². The number of benzene rings is 3. The van der Waals surface area contributed by atoms with Gasteiger partial charge in [-0.2, -0.15) is 14.6 Å². The van der Waals surface area contributed by atoms with Gasteiger partial charge in [0.1, 0.15) is 11.4 Å². The zero-order chi connectivity index (χ0) is 31.3. The van der Waals surface area contributed by atoms with E-state index in [2.05, 4.69) is 23.9 Å². The summed E-state index contributed by atoms with van der Waals surface area (Å²) in [6, 6.07) is 23.4. The van der Waals surface area contributed by atoms with Gasteiger partial charge in [-0.3, -0.25) is 4.79 Å². The van der Waals surface area contributed by atoms with Gasteiger partial charge in [0.2, 0.25) is 4.96 Å². The zero-order valence-electron chi connectivity index (χ0n) is 25.5. The summed E-state index contributed by atoms with van der Waals surface area (Å²) in [6.45, 7) is 5.03. The third kappa shape index (κ3) is 6.66. The second-order valence-corrected chi connectivity index (χ2v) is 11.8. The van der Waals surface area contributed by atoms with E-state index < -0.39 is 0 Å². The average Bonchev–Trinajstić information content (AvgIpc) is 3.75. The fourth-order valence-corrected chi connectivity index (χ4v) is 5.65. The largest absolute Gasteiger partial charge is 0.494 e. The predicted molar refractivity (Wildman–Crippen MR) is 178 cm³/mol. The molecule has 0 aliphatic carbocycles. The summed E-state index contributed by atoms with van der Waals surface area (Å²) in [7, 11) is 3.19. The van der Waals surface area contributed by atoms with Crippen LogP contribution in [0.15, 0.2) is 83.8 Å². The van der Waals surface area contributed by atoms with Crippen LogP contribution in [0.2, 0.25) is 0 Å². The van der Waals surface area contributed by atoms with E-state index in [0.29, 0.717) is 39.3 Å². The Balaban J connectivity index is 1.32. The van der Waals surface area contributed by atoms with E-state index in [0.717, 1.165) is 40.2 Å². The van der Waals surface area contributed by atoms with Gasteiger partial charge in [0, 0.05) is 17.3 Å². The SMILES string of the molecule is COc1ccc(/C=C/c2nc3s/c(=C\c4cn(-c5ccccc5)nc4-c4ccc(OCCC(C)C)cc4)c(=O)n3n2)cc1OC. The van der Waals surface area contributed by atoms with Gasteiger partial charge in [-0.25, -0.2) is 4.68 Å². The van der Waals surface area contributed by atoms with Crippen molar-refractivity contribution in [1.82, 2.24) is 24.4 Å². The number of nitrogens with zero attached hydrogens (tertiary/aromatic N) is 5. The maximum Gasteiger partial charge on any atom is 0.291 e. The summed E-state index contributed by atoms with van der Waals surface area (Å²) >= 11 is 1.29. The quantitative estimate of drug-likeness (QED) is 0.171. The average molecular weight is 620 g/mol. The minimum Gasteiger partial charge on any atom is -0.494 e. The molecule has 0 saturated carbocycles. The van der Waals surface area contributed by atoms with Gasteiger partial charge >= 0.3 is 0 Å². The Morgan fingerprint density at radius 1 is 0.911 bits per heavy atom. The molecule has 3 aromatic heterocycles. The van der Waals surface area contributed by atoms with Gasteiger partial charge in [0.15, 0.2) is 17.3 Å². The Labute approximate surface area is 264 Å². The Morgan fingerprint density at radius 3 is 2.40 bits per heavy atom. The summed E-state index contributed by atoms with van der Waals surface area (Å²) in [5.74, 6) is 3.11. The molecule has 0 aliphatic heterocycles. The molecule has 10 heteroatoms. The van der Waals surface area contributed by atoms with E-state index in [1.54, 1.807) is 20.3 Å². The third-order valence-electron chi connectivity index (χ3n) is 7.17. The smallest absolute Gasteiger partial charge is 0.291 e. The van der Waals surface area contributed by atoms with Gasteiger partial charge in [0.05, 0.1) is 31.0 Å². The fourth-order valence-electron chi connectivity index (χ4n) is 4.74. The van der Waals surface area contributed by atoms with Gasteiger partial charge in [-0.1, -0.05) is 55.5 Å². The summed E-state index contributed by atoms with van der Waals surface area (Å²) < 4.78 is 20.3. The predicted octanol–water partition coefficient (Wildman–Crippen LogP) is 6.16. The lowest BCUT2D eigenvalue weighted by Gasteiger charge is -2.08. The van der Waals surface area contributed by atoms with Crippen molar-refractivity contribution in [2.45, 2.75) is 20.3 Å². The molecule has 0 saturated heterocycles. The first kappa shape index (κ1) is 29.8. The highest BCUT2D eigenvalue weighted by Crippen LogP contribution is 2.29. The van der Waals surface area contributed by atoms with Crippen molar-refractivity contribution in [3.05, 3.63) is 111 Å². The summed E-state index contributed by atoms with van der Waals surface area (Å²) in [4.78, 5) is 18.5. The van der Waals surface area contributed by atoms with E-state index in [-0.39, 0.29) is 5.56 Å². The molecule has 228 valence electrons. The molecule has 9 nitrogen and oxygen atoms in total. The van der Waals surface area contributed by atoms with Gasteiger partial charge in [0.25, 0.3) is 5.56 Å². The lowest BCUT2D eigenvalue weighted by atomic mass is 10.1. The van der Waals surface area contributed by atoms with Crippen molar-refractivity contribution in [1.29, 1.82) is 0 Å². The molecular formula is C35H33N5O4S. The van der Waals surface area contributed by atoms with E-state index in [1.807, 2.05) is 95.8 Å². The minimum absolute atomic E-state index is 0.236. The molecular weight excluding hydrogens is 586 g/mol. The van der Waals surface area contributed by atoms with Crippen LogP contribution in [-0.4, -0.2) is 45.2 Å². The topological polar surface area (TPSA) is 92.8 Å². The highest BCUT2D eigenvalue weighted by Gasteiger charge is 2.14. The van der Waals surface area contributed by atoms with Gasteiger partial charge < -0.3 is 14.2 Å². The second-order valence-electron chi connectivity index (χ2n) is 10.8. The van der Waals surface area contributed by atoms with Crippen molar-refractivity contribution in [2.75, 3.05) is 20.8 Å². The molecule has 45 heavy (non-hydrogen) atoms. The standard InChI is InChI=1S/C35H33N5O4S/c1-23(2)18-19-44-28-14-12-25(13-15-28)33-26(22-39(38-33)27-8-6-5-7-9-27)21-31-34(41)40-35(45-31)36-32(37-40)17-11-24-10-16-29(42-3)30(20-24)43-4/h5-17,20-23H,18-19H2,1-4H3/b17-11+,31-21-. The first-order valence-corrected chi connectivity index (χ1v) is 15.4. The number of methoxy groups -OCH3 is 2. The molecule has 6 aromatic rings. The summed E-state index contributed by atoms with van der Waals surface area (Å²) in [5.41, 5.74) is 4.05. The highest BCUT2D eigenvalue weighted by atomic mass is 32.1. The molecule has 0 bridgehead atoms. The molecule has 3 heterocycles. The fraction of sp³-hybridized carbons (Fsp3) is 0.200. The number of ether oxygens (including phenoxy) is 3. The van der Waals surface area contributed by atoms with Crippen LogP contribution in [0, 0.1) is 5.92 Å². The van der Waals surface area contributed by atoms with Crippen LogP contribution in [0.1, 0.15) is 37.2 Å². The van der Waals surface area contributed by atoms with Crippen LogP contribution in [-0.2, 0) is 0 Å². The van der Waals surface area contributed by atoms with Crippen molar-refractivity contribution in [3.8, 4) is 34.2 Å². The van der Waals surface area contributed by atoms with Crippen LogP contribution < -0.4 is 24.3 Å². The lowest BCUT2D eigenvalue weighted by Crippen LogP contribution is -2.23. The zero-order valence-corrected chi connectivity index (χ0v) is 26.3. The van der Waals surface area contributed by atoms with Crippen molar-refractivity contribution < 1.29 is 14.2 Å². The minimum atomic E-state index is -0.236. The Kier molecular flexibility index (Phi) is 8.74. The monoisotopic (exact) mass is 619 g/mol. The van der Waals surface area contributed by atoms with Crippen LogP contribution in [0.25, 0.3) is 40.1 Å². The van der Waals surface area contributed by atoms with Gasteiger partial charge in [-0.15, -0.1) is 5.10 Å². The molecule has 0 atom stereocenters. The molecule has 0 N–H and O–H groups in total. The summed E-state index contributed by atoms with van der Waals surface area (Å²) in [6.07, 6.45) is 8.42. The van der Waals surface area contributed by atoms with Crippen LogP contribution in [0.5, 0.6) is 17.2 Å². The Hall–Kier alpha value is -5.22. The number of hydrogen-bond donors (Lipinski definition) is 0. The first-order valence-electron chi connectivity index (χ1n) is 14.6. The van der Waals surface area contributed by atoms with E-state index in [4.69, 9.17) is 19.3 Å². The third-order valence-corrected chi connectivity index (χ3v) is 8.13. The Morgan fingerprint density at radius 2 is 1.69 bits per heavy atom. The van der Waals surface area contributed by atoms with E-state index in [1.165, 1.54) is 15.9 Å². The van der Waals surface area contributed by atoms with E-state index >= 15 is 0 Å². The van der Waals surface area contributed by atoms with Crippen LogP contribution >= 0.6 is 11.3 Å². The number of aromatic nitrogens is 5. The van der Waals surface area contributed by atoms with Gasteiger partial charge in [-0.05, 0) is 78.6 Å². The van der Waals surface area contributed by atoms with Crippen LogP contribution in [0.4, 0.5) is 0 Å². The molecule has 0 fully saturated rings. The number of rotatable bonds is 11. The highest BCUT2D eigenvalue weighted by molar-refractivity contribution is 7.15. The number of para-hydroxylation sites is 1. The molecule has 0 spiro atoms. The molecule has 0 unspecified atom stereocenters. The lowest BCUT2D eigenvalue weighted by molar-refractivity contribution is 0.289. The number of hydrogen-bond acceptors (Lipinski definition) is 8. The second kappa shape index (κ2) is 13.2. The molecule has 0 aliphatic rings. The van der Waals surface area contributed by atoms with Crippen molar-refractivity contribution in [2.24, 2.45) is 5.92 Å². The van der Waals surface area contributed by atoms with Crippen LogP contribution in [0.3, 0.4) is 0 Å². The van der Waals surface area contributed by atoms with E-state index in [9.17, 15) is 4.79 Å². The molecule has 6 rings (SSSR count). The van der Waals surface area contributed by atoms with Crippen molar-refractivity contribution in [3.63, 3.8) is 0 Å². The maximum absolute atomic E-state index is 13.4.